The molecule has 108 valence electrons. The Hall–Kier alpha value is -2.19. The smallest absolute Gasteiger partial charge is 0.0457 e. The molecule has 3 aromatic carbocycles. The summed E-state index contributed by atoms with van der Waals surface area (Å²) >= 11 is 1.93. The van der Waals surface area contributed by atoms with Gasteiger partial charge in [-0.2, -0.15) is 0 Å². The van der Waals surface area contributed by atoms with Gasteiger partial charge < -0.3 is 4.98 Å². The fourth-order valence-electron chi connectivity index (χ4n) is 2.98. The molecule has 0 aliphatic rings. The lowest BCUT2D eigenvalue weighted by Crippen LogP contribution is -1.87. The maximum atomic E-state index is 3.38. The average Bonchev–Trinajstić information content (AvgIpc) is 2.99. The van der Waals surface area contributed by atoms with Gasteiger partial charge in [0.2, 0.25) is 0 Å². The number of para-hydroxylation sites is 1. The highest BCUT2D eigenvalue weighted by Gasteiger charge is 2.13. The van der Waals surface area contributed by atoms with Crippen LogP contribution in [0.4, 0.5) is 0 Å². The van der Waals surface area contributed by atoms with E-state index in [0.29, 0.717) is 5.25 Å². The van der Waals surface area contributed by atoms with E-state index in [4.69, 9.17) is 0 Å². The minimum Gasteiger partial charge on any atom is -0.361 e. The van der Waals surface area contributed by atoms with Gasteiger partial charge in [-0.15, -0.1) is 11.8 Å². The third-order valence-electron chi connectivity index (χ3n) is 4.11. The van der Waals surface area contributed by atoms with Crippen molar-refractivity contribution in [2.75, 3.05) is 0 Å². The summed E-state index contributed by atoms with van der Waals surface area (Å²) in [7, 11) is 0. The molecule has 1 nitrogen and oxygen atoms in total. The zero-order chi connectivity index (χ0) is 14.9. The number of H-pyrrole nitrogens is 1. The molecular weight excluding hydrogens is 286 g/mol. The highest BCUT2D eigenvalue weighted by Crippen LogP contribution is 2.40. The minimum absolute atomic E-state index is 0.405. The van der Waals surface area contributed by atoms with Crippen molar-refractivity contribution in [3.05, 3.63) is 78.5 Å². The first-order chi connectivity index (χ1) is 10.8. The average molecular weight is 303 g/mol. The second-order valence-electron chi connectivity index (χ2n) is 5.53. The Labute approximate surface area is 134 Å². The van der Waals surface area contributed by atoms with Gasteiger partial charge in [0, 0.05) is 27.2 Å². The molecule has 22 heavy (non-hydrogen) atoms. The largest absolute Gasteiger partial charge is 0.361 e. The van der Waals surface area contributed by atoms with Crippen molar-refractivity contribution in [1.82, 2.24) is 4.98 Å². The zero-order valence-corrected chi connectivity index (χ0v) is 13.2. The summed E-state index contributed by atoms with van der Waals surface area (Å²) in [6.07, 6.45) is 2.15. The monoisotopic (exact) mass is 303 g/mol. The SMILES string of the molecule is CC(Sc1cccc2ccccc12)c1c[nH]c2ccccc12. The highest BCUT2D eigenvalue weighted by molar-refractivity contribution is 7.99. The van der Waals surface area contributed by atoms with E-state index in [1.807, 2.05) is 11.8 Å². The molecule has 0 saturated carbocycles. The Bertz CT molecular complexity index is 933. The predicted octanol–water partition coefficient (Wildman–Crippen LogP) is 6.17. The van der Waals surface area contributed by atoms with Crippen LogP contribution >= 0.6 is 11.8 Å². The van der Waals surface area contributed by atoms with Crippen LogP contribution in [0, 0.1) is 0 Å². The Morgan fingerprint density at radius 1 is 0.818 bits per heavy atom. The van der Waals surface area contributed by atoms with Gasteiger partial charge in [0.1, 0.15) is 0 Å². The summed E-state index contributed by atoms with van der Waals surface area (Å²) < 4.78 is 0. The fraction of sp³-hybridized carbons (Fsp3) is 0.100. The van der Waals surface area contributed by atoms with E-state index >= 15 is 0 Å². The first kappa shape index (κ1) is 13.5. The number of thioether (sulfide) groups is 1. The van der Waals surface area contributed by atoms with Crippen LogP contribution in [-0.2, 0) is 0 Å². The molecule has 4 aromatic rings. The molecule has 0 amide bonds. The van der Waals surface area contributed by atoms with Crippen molar-refractivity contribution in [2.24, 2.45) is 0 Å². The van der Waals surface area contributed by atoms with Gasteiger partial charge >= 0.3 is 0 Å². The molecular formula is C20H17NS. The normalized spacial score (nSPS) is 12.8. The Morgan fingerprint density at radius 3 is 2.45 bits per heavy atom. The lowest BCUT2D eigenvalue weighted by Gasteiger charge is -2.12. The van der Waals surface area contributed by atoms with Gasteiger partial charge in [0.15, 0.2) is 0 Å². The highest BCUT2D eigenvalue weighted by atomic mass is 32.2. The molecule has 0 bridgehead atoms. The van der Waals surface area contributed by atoms with Crippen LogP contribution in [0.25, 0.3) is 21.7 Å². The lowest BCUT2D eigenvalue weighted by molar-refractivity contribution is 1.11. The summed E-state index contributed by atoms with van der Waals surface area (Å²) in [6, 6.07) is 23.6. The number of hydrogen-bond donors (Lipinski definition) is 1. The number of rotatable bonds is 3. The number of hydrogen-bond acceptors (Lipinski definition) is 1. The first-order valence-corrected chi connectivity index (χ1v) is 8.41. The molecule has 0 radical (unpaired) electrons. The van der Waals surface area contributed by atoms with Gasteiger partial charge in [-0.1, -0.05) is 54.6 Å². The Kier molecular flexibility index (Phi) is 3.39. The summed E-state index contributed by atoms with van der Waals surface area (Å²) in [5.74, 6) is 0. The number of aromatic nitrogens is 1. The molecule has 0 aliphatic carbocycles. The topological polar surface area (TPSA) is 15.8 Å². The van der Waals surface area contributed by atoms with Crippen LogP contribution in [0.5, 0.6) is 0 Å². The van der Waals surface area contributed by atoms with E-state index in [9.17, 15) is 0 Å². The maximum absolute atomic E-state index is 3.38. The van der Waals surface area contributed by atoms with Gasteiger partial charge in [-0.05, 0) is 35.4 Å². The molecule has 1 heterocycles. The van der Waals surface area contributed by atoms with Crippen molar-refractivity contribution in [3.63, 3.8) is 0 Å². The quantitative estimate of drug-likeness (QED) is 0.447. The van der Waals surface area contributed by atoms with Crippen molar-refractivity contribution in [3.8, 4) is 0 Å². The summed E-state index contributed by atoms with van der Waals surface area (Å²) in [5, 5.41) is 4.37. The van der Waals surface area contributed by atoms with Gasteiger partial charge in [0.25, 0.3) is 0 Å². The van der Waals surface area contributed by atoms with Gasteiger partial charge in [-0.3, -0.25) is 0 Å². The standard InChI is InChI=1S/C20H17NS/c1-14(18-13-21-19-11-5-4-10-17(18)19)22-20-12-6-8-15-7-2-3-9-16(15)20/h2-14,21H,1H3. The van der Waals surface area contributed by atoms with E-state index in [1.54, 1.807) is 0 Å². The van der Waals surface area contributed by atoms with Crippen molar-refractivity contribution in [1.29, 1.82) is 0 Å². The van der Waals surface area contributed by atoms with Gasteiger partial charge in [-0.25, -0.2) is 0 Å². The van der Waals surface area contributed by atoms with Crippen LogP contribution in [0.2, 0.25) is 0 Å². The predicted molar refractivity (Wildman–Crippen MR) is 96.5 cm³/mol. The molecule has 1 aromatic heterocycles. The Balaban J connectivity index is 1.73. The minimum atomic E-state index is 0.405. The molecule has 4 rings (SSSR count). The van der Waals surface area contributed by atoms with E-state index in [-0.39, 0.29) is 0 Å². The molecule has 0 saturated heterocycles. The molecule has 0 aliphatic heterocycles. The van der Waals surface area contributed by atoms with Crippen molar-refractivity contribution >= 4 is 33.4 Å². The van der Waals surface area contributed by atoms with Crippen LogP contribution in [0.1, 0.15) is 17.7 Å². The van der Waals surface area contributed by atoms with Crippen molar-refractivity contribution in [2.45, 2.75) is 17.1 Å². The summed E-state index contributed by atoms with van der Waals surface area (Å²) in [5.41, 5.74) is 2.58. The first-order valence-electron chi connectivity index (χ1n) is 7.53. The second kappa shape index (κ2) is 5.54. The van der Waals surface area contributed by atoms with Crippen LogP contribution in [-0.4, -0.2) is 4.98 Å². The maximum Gasteiger partial charge on any atom is 0.0457 e. The second-order valence-corrected chi connectivity index (χ2v) is 6.91. The number of benzene rings is 3. The number of aromatic amines is 1. The Morgan fingerprint density at radius 2 is 1.55 bits per heavy atom. The van der Waals surface area contributed by atoms with Crippen LogP contribution < -0.4 is 0 Å². The van der Waals surface area contributed by atoms with E-state index < -0.39 is 0 Å². The van der Waals surface area contributed by atoms with Crippen molar-refractivity contribution < 1.29 is 0 Å². The number of fused-ring (bicyclic) bond motifs is 2. The third kappa shape index (κ3) is 2.30. The molecule has 0 fully saturated rings. The molecule has 2 heteroatoms. The van der Waals surface area contributed by atoms with E-state index in [2.05, 4.69) is 84.8 Å². The van der Waals surface area contributed by atoms with E-state index in [0.717, 1.165) is 0 Å². The molecule has 1 atom stereocenters. The fourth-order valence-corrected chi connectivity index (χ4v) is 4.16. The van der Waals surface area contributed by atoms with Crippen LogP contribution in [0.15, 0.2) is 77.8 Å². The van der Waals surface area contributed by atoms with E-state index in [1.165, 1.54) is 32.1 Å². The molecule has 0 spiro atoms. The molecule has 1 N–H and O–H groups in total. The lowest BCUT2D eigenvalue weighted by atomic mass is 10.1. The molecule has 1 unspecified atom stereocenters. The van der Waals surface area contributed by atoms with Gasteiger partial charge in [0.05, 0.1) is 0 Å². The summed E-state index contributed by atoms with van der Waals surface area (Å²) in [6.45, 7) is 2.28. The third-order valence-corrected chi connectivity index (χ3v) is 5.33. The zero-order valence-electron chi connectivity index (χ0n) is 12.4. The van der Waals surface area contributed by atoms with Crippen LogP contribution in [0.3, 0.4) is 0 Å². The summed E-state index contributed by atoms with van der Waals surface area (Å²) in [4.78, 5) is 4.72. The number of nitrogens with one attached hydrogen (secondary N) is 1.